The summed E-state index contributed by atoms with van der Waals surface area (Å²) in [5.74, 6) is 0.760. The first-order valence-corrected chi connectivity index (χ1v) is 9.02. The monoisotopic (exact) mass is 321 g/mol. The fourth-order valence-electron chi connectivity index (χ4n) is 3.26. The minimum absolute atomic E-state index is 0.153. The molecule has 2 rings (SSSR count). The van der Waals surface area contributed by atoms with E-state index < -0.39 is 0 Å². The third kappa shape index (κ3) is 4.85. The molecule has 23 heavy (non-hydrogen) atoms. The lowest BCUT2D eigenvalue weighted by Gasteiger charge is -2.28. The van der Waals surface area contributed by atoms with Crippen molar-refractivity contribution < 1.29 is 4.79 Å². The summed E-state index contributed by atoms with van der Waals surface area (Å²) < 4.78 is 1.82. The Morgan fingerprint density at radius 1 is 1.43 bits per heavy atom. The standard InChI is InChI=1S/C17H31N5O/c1-3-13(2)16(17(23)14-7-10-19-11-8-14)22-12-15(20-21-22)6-4-5-9-18/h12-14,16,19H,3-11,18H2,1-2H3/t13?,16-/m0/s1. The van der Waals surface area contributed by atoms with E-state index in [-0.39, 0.29) is 17.9 Å². The molecule has 1 fully saturated rings. The van der Waals surface area contributed by atoms with Crippen LogP contribution in [0.15, 0.2) is 6.20 Å². The van der Waals surface area contributed by atoms with Crippen LogP contribution in [0.2, 0.25) is 0 Å². The quantitative estimate of drug-likeness (QED) is 0.676. The van der Waals surface area contributed by atoms with Gasteiger partial charge in [-0.25, -0.2) is 4.68 Å². The van der Waals surface area contributed by atoms with E-state index in [1.807, 2.05) is 10.9 Å². The predicted molar refractivity (Wildman–Crippen MR) is 91.1 cm³/mol. The van der Waals surface area contributed by atoms with Crippen molar-refractivity contribution in [2.75, 3.05) is 19.6 Å². The Hall–Kier alpha value is -1.27. The number of rotatable bonds is 9. The lowest BCUT2D eigenvalue weighted by atomic mass is 9.84. The van der Waals surface area contributed by atoms with Gasteiger partial charge in [0.2, 0.25) is 0 Å². The molecule has 130 valence electrons. The molecule has 3 N–H and O–H groups in total. The van der Waals surface area contributed by atoms with Crippen LogP contribution in [-0.2, 0) is 11.2 Å². The second-order valence-electron chi connectivity index (χ2n) is 6.69. The van der Waals surface area contributed by atoms with Crippen LogP contribution in [0.5, 0.6) is 0 Å². The molecule has 2 atom stereocenters. The molecule has 6 nitrogen and oxygen atoms in total. The second-order valence-corrected chi connectivity index (χ2v) is 6.69. The lowest BCUT2D eigenvalue weighted by molar-refractivity contribution is -0.128. The molecule has 6 heteroatoms. The van der Waals surface area contributed by atoms with E-state index in [2.05, 4.69) is 29.5 Å². The fourth-order valence-corrected chi connectivity index (χ4v) is 3.26. The summed E-state index contributed by atoms with van der Waals surface area (Å²) in [7, 11) is 0. The van der Waals surface area contributed by atoms with Crippen molar-refractivity contribution in [2.24, 2.45) is 17.6 Å². The molecule has 0 amide bonds. The summed E-state index contributed by atoms with van der Waals surface area (Å²) in [4.78, 5) is 13.0. The van der Waals surface area contributed by atoms with Gasteiger partial charge >= 0.3 is 0 Å². The minimum Gasteiger partial charge on any atom is -0.330 e. The number of aryl methyl sites for hydroxylation is 1. The molecule has 1 aliphatic rings. The van der Waals surface area contributed by atoms with E-state index in [1.54, 1.807) is 0 Å². The number of nitrogens with one attached hydrogen (secondary N) is 1. The third-order valence-electron chi connectivity index (χ3n) is 4.95. The van der Waals surface area contributed by atoms with Gasteiger partial charge < -0.3 is 11.1 Å². The number of ketones is 1. The van der Waals surface area contributed by atoms with Gasteiger partial charge in [0, 0.05) is 12.1 Å². The Bertz CT molecular complexity index is 481. The highest BCUT2D eigenvalue weighted by Gasteiger charge is 2.33. The Balaban J connectivity index is 2.09. The summed E-state index contributed by atoms with van der Waals surface area (Å²) in [5.41, 5.74) is 6.50. The summed E-state index contributed by atoms with van der Waals surface area (Å²) in [6.07, 6.45) is 7.69. The van der Waals surface area contributed by atoms with E-state index in [0.717, 1.165) is 57.3 Å². The van der Waals surface area contributed by atoms with Gasteiger partial charge in [-0.1, -0.05) is 25.5 Å². The molecular weight excluding hydrogens is 290 g/mol. The number of hydrogen-bond donors (Lipinski definition) is 2. The first-order chi connectivity index (χ1) is 11.2. The Kier molecular flexibility index (Phi) is 7.17. The second kappa shape index (κ2) is 9.13. The number of carbonyl (C=O) groups excluding carboxylic acids is 1. The molecular formula is C17H31N5O. The van der Waals surface area contributed by atoms with Crippen molar-refractivity contribution in [3.63, 3.8) is 0 Å². The maximum atomic E-state index is 13.0. The van der Waals surface area contributed by atoms with Gasteiger partial charge in [-0.3, -0.25) is 4.79 Å². The summed E-state index contributed by atoms with van der Waals surface area (Å²) >= 11 is 0. The Morgan fingerprint density at radius 3 is 2.83 bits per heavy atom. The van der Waals surface area contributed by atoms with Crippen molar-refractivity contribution in [2.45, 2.75) is 58.4 Å². The summed E-state index contributed by atoms with van der Waals surface area (Å²) in [6.45, 7) is 6.85. The highest BCUT2D eigenvalue weighted by Crippen LogP contribution is 2.28. The molecule has 1 aromatic heterocycles. The van der Waals surface area contributed by atoms with E-state index in [4.69, 9.17) is 5.73 Å². The van der Waals surface area contributed by atoms with Crippen molar-refractivity contribution in [3.8, 4) is 0 Å². The molecule has 1 unspecified atom stereocenters. The molecule has 1 aliphatic heterocycles. The average molecular weight is 321 g/mol. The van der Waals surface area contributed by atoms with E-state index in [9.17, 15) is 4.79 Å². The van der Waals surface area contributed by atoms with Crippen LogP contribution in [0.4, 0.5) is 0 Å². The number of Topliss-reactive ketones (excluding diaryl/α,β-unsaturated/α-hetero) is 1. The topological polar surface area (TPSA) is 85.8 Å². The number of unbranched alkanes of at least 4 members (excludes halogenated alkanes) is 1. The molecule has 0 saturated carbocycles. The van der Waals surface area contributed by atoms with Crippen molar-refractivity contribution in [1.29, 1.82) is 0 Å². The van der Waals surface area contributed by atoms with Crippen LogP contribution in [0.1, 0.15) is 57.7 Å². The lowest BCUT2D eigenvalue weighted by Crippen LogP contribution is -2.37. The number of hydrogen-bond acceptors (Lipinski definition) is 5. The molecule has 1 aromatic rings. The first-order valence-electron chi connectivity index (χ1n) is 9.02. The molecule has 1 saturated heterocycles. The van der Waals surface area contributed by atoms with Gasteiger partial charge in [0.25, 0.3) is 0 Å². The third-order valence-corrected chi connectivity index (χ3v) is 4.95. The highest BCUT2D eigenvalue weighted by molar-refractivity contribution is 5.85. The number of aromatic nitrogens is 3. The van der Waals surface area contributed by atoms with Crippen LogP contribution in [0.3, 0.4) is 0 Å². The van der Waals surface area contributed by atoms with Crippen LogP contribution < -0.4 is 11.1 Å². The van der Waals surface area contributed by atoms with Gasteiger partial charge in [-0.15, -0.1) is 5.10 Å². The largest absolute Gasteiger partial charge is 0.330 e. The minimum atomic E-state index is -0.182. The molecule has 0 spiro atoms. The van der Waals surface area contributed by atoms with E-state index in [0.29, 0.717) is 12.3 Å². The van der Waals surface area contributed by atoms with Crippen LogP contribution in [0.25, 0.3) is 0 Å². The zero-order valence-corrected chi connectivity index (χ0v) is 14.5. The highest BCUT2D eigenvalue weighted by atomic mass is 16.1. The van der Waals surface area contributed by atoms with E-state index in [1.165, 1.54) is 0 Å². The Labute approximate surface area is 139 Å². The van der Waals surface area contributed by atoms with Gasteiger partial charge in [0.05, 0.1) is 5.69 Å². The van der Waals surface area contributed by atoms with Gasteiger partial charge in [-0.05, 0) is 57.7 Å². The smallest absolute Gasteiger partial charge is 0.160 e. The van der Waals surface area contributed by atoms with E-state index >= 15 is 0 Å². The zero-order valence-electron chi connectivity index (χ0n) is 14.5. The average Bonchev–Trinajstić information content (AvgIpc) is 3.04. The molecule has 0 aliphatic carbocycles. The van der Waals surface area contributed by atoms with Gasteiger partial charge in [0.15, 0.2) is 5.78 Å². The van der Waals surface area contributed by atoms with Crippen LogP contribution in [0, 0.1) is 11.8 Å². The van der Waals surface area contributed by atoms with Crippen molar-refractivity contribution in [1.82, 2.24) is 20.3 Å². The van der Waals surface area contributed by atoms with Crippen molar-refractivity contribution in [3.05, 3.63) is 11.9 Å². The molecule has 0 aromatic carbocycles. The number of nitrogens with zero attached hydrogens (tertiary/aromatic N) is 3. The summed E-state index contributed by atoms with van der Waals surface area (Å²) in [5, 5.41) is 11.9. The SMILES string of the molecule is CCC(C)[C@@H](C(=O)C1CCNCC1)n1cc(CCCCN)nn1. The number of carbonyl (C=O) groups is 1. The summed E-state index contributed by atoms with van der Waals surface area (Å²) in [6, 6.07) is -0.182. The predicted octanol–water partition coefficient (Wildman–Crippen LogP) is 1.72. The van der Waals surface area contributed by atoms with Crippen LogP contribution >= 0.6 is 0 Å². The first kappa shape index (κ1) is 18.1. The number of piperidine rings is 1. The zero-order chi connectivity index (χ0) is 16.7. The maximum Gasteiger partial charge on any atom is 0.160 e. The van der Waals surface area contributed by atoms with Crippen molar-refractivity contribution >= 4 is 5.78 Å². The fraction of sp³-hybridized carbons (Fsp3) is 0.824. The normalized spacial score (nSPS) is 18.7. The van der Waals surface area contributed by atoms with Gasteiger partial charge in [-0.2, -0.15) is 0 Å². The Morgan fingerprint density at radius 2 is 2.17 bits per heavy atom. The number of nitrogens with two attached hydrogens (primary N) is 1. The van der Waals surface area contributed by atoms with Crippen LogP contribution in [-0.4, -0.2) is 40.4 Å². The maximum absolute atomic E-state index is 13.0. The molecule has 0 radical (unpaired) electrons. The molecule has 0 bridgehead atoms. The molecule has 2 heterocycles. The van der Waals surface area contributed by atoms with Gasteiger partial charge in [0.1, 0.15) is 6.04 Å².